The van der Waals surface area contributed by atoms with Gasteiger partial charge in [-0.05, 0) is 65.0 Å². The zero-order chi connectivity index (χ0) is 35.2. The summed E-state index contributed by atoms with van der Waals surface area (Å²) in [4.78, 5) is 13.9. The predicted octanol–water partition coefficient (Wildman–Crippen LogP) is 13.7. The van der Waals surface area contributed by atoms with Gasteiger partial charge in [-0.3, -0.25) is 9.20 Å². The van der Waals surface area contributed by atoms with Crippen molar-refractivity contribution in [3.05, 3.63) is 168 Å². The second-order valence-electron chi connectivity index (χ2n) is 14.3. The van der Waals surface area contributed by atoms with E-state index in [1.165, 1.54) is 62.2 Å². The van der Waals surface area contributed by atoms with Gasteiger partial charge in [0.15, 0.2) is 0 Å². The van der Waals surface area contributed by atoms with Gasteiger partial charge in [0.2, 0.25) is 0 Å². The summed E-state index contributed by atoms with van der Waals surface area (Å²) in [5.41, 5.74) is 7.87. The lowest BCUT2D eigenvalue weighted by Gasteiger charge is -2.11. The molecule has 0 unspecified atom stereocenters. The maximum atomic E-state index is 13.9. The largest absolute Gasteiger partial charge is 0.309 e. The Morgan fingerprint density at radius 2 is 0.944 bits per heavy atom. The molecule has 0 saturated carbocycles. The minimum Gasteiger partial charge on any atom is -0.309 e. The minimum atomic E-state index is 0.0352. The van der Waals surface area contributed by atoms with E-state index in [1.807, 2.05) is 45.3 Å². The Balaban J connectivity index is 1.07. The fraction of sp³-hybridized carbons (Fsp3) is 0. The Labute approximate surface area is 315 Å². The van der Waals surface area contributed by atoms with Crippen LogP contribution in [-0.4, -0.2) is 8.97 Å². The first-order valence-corrected chi connectivity index (χ1v) is 19.9. The van der Waals surface area contributed by atoms with Crippen LogP contribution in [-0.2, 0) is 0 Å². The summed E-state index contributed by atoms with van der Waals surface area (Å²) in [6, 6.07) is 56.6. The van der Waals surface area contributed by atoms with Crippen molar-refractivity contribution in [1.29, 1.82) is 0 Å². The van der Waals surface area contributed by atoms with Crippen LogP contribution in [0.2, 0.25) is 0 Å². The normalized spacial score (nSPS) is 12.5. The lowest BCUT2D eigenvalue weighted by molar-refractivity contribution is 1.19. The maximum Gasteiger partial charge on any atom is 0.263 e. The second kappa shape index (κ2) is 10.3. The third kappa shape index (κ3) is 3.58. The number of para-hydroxylation sites is 2. The highest BCUT2D eigenvalue weighted by molar-refractivity contribution is 7.30. The number of hydrogen-bond acceptors (Lipinski definition) is 3. The van der Waals surface area contributed by atoms with Crippen molar-refractivity contribution in [2.75, 3.05) is 0 Å². The van der Waals surface area contributed by atoms with Crippen molar-refractivity contribution in [3.63, 3.8) is 0 Å². The van der Waals surface area contributed by atoms with Crippen molar-refractivity contribution in [1.82, 2.24) is 8.97 Å². The minimum absolute atomic E-state index is 0.0352. The van der Waals surface area contributed by atoms with E-state index in [-0.39, 0.29) is 5.56 Å². The molecule has 0 atom stereocenters. The number of rotatable bonds is 2. The molecule has 13 rings (SSSR count). The highest BCUT2D eigenvalue weighted by Crippen LogP contribution is 2.52. The van der Waals surface area contributed by atoms with Gasteiger partial charge in [-0.15, -0.1) is 22.7 Å². The molecule has 0 bridgehead atoms. The third-order valence-electron chi connectivity index (χ3n) is 11.7. The van der Waals surface area contributed by atoms with Crippen LogP contribution >= 0.6 is 22.7 Å². The molecule has 5 aromatic heterocycles. The maximum absolute atomic E-state index is 13.9. The van der Waals surface area contributed by atoms with E-state index in [0.717, 1.165) is 54.8 Å². The fourth-order valence-electron chi connectivity index (χ4n) is 9.38. The summed E-state index contributed by atoms with van der Waals surface area (Å²) in [5.74, 6) is 0. The molecule has 3 nitrogen and oxygen atoms in total. The number of benzene rings is 8. The van der Waals surface area contributed by atoms with E-state index in [9.17, 15) is 4.79 Å². The summed E-state index contributed by atoms with van der Waals surface area (Å²) >= 11 is 3.83. The smallest absolute Gasteiger partial charge is 0.263 e. The molecule has 0 N–H and O–H groups in total. The molecule has 5 heterocycles. The Bertz CT molecular complexity index is 3770. The quantitative estimate of drug-likeness (QED) is 0.163. The molecule has 54 heavy (non-hydrogen) atoms. The second-order valence-corrected chi connectivity index (χ2v) is 16.5. The first kappa shape index (κ1) is 29.0. The predicted molar refractivity (Wildman–Crippen MR) is 233 cm³/mol. The SMILES string of the molecule is O=c1c2ccccc2c2cccc3c4cc(-c5ccc(-n6c7ccccc7c7c8sc9ccccc9c8c8sc9ccccc9c8c76)cc5)ccc4n1c23. The summed E-state index contributed by atoms with van der Waals surface area (Å²) in [6.45, 7) is 0. The molecular weight excluding hydrogens is 697 g/mol. The highest BCUT2D eigenvalue weighted by Gasteiger charge is 2.24. The van der Waals surface area contributed by atoms with E-state index in [1.54, 1.807) is 0 Å². The fourth-order valence-corrected chi connectivity index (χ4v) is 12.0. The van der Waals surface area contributed by atoms with Gasteiger partial charge in [-0.25, -0.2) is 0 Å². The summed E-state index contributed by atoms with van der Waals surface area (Å²) in [7, 11) is 0. The third-order valence-corrected chi connectivity index (χ3v) is 14.0. The Morgan fingerprint density at radius 3 is 1.69 bits per heavy atom. The molecule has 0 radical (unpaired) electrons. The van der Waals surface area contributed by atoms with E-state index in [2.05, 4.69) is 144 Å². The highest BCUT2D eigenvalue weighted by atomic mass is 32.1. The van der Waals surface area contributed by atoms with Crippen LogP contribution < -0.4 is 5.56 Å². The zero-order valence-corrected chi connectivity index (χ0v) is 30.3. The number of thiophene rings is 2. The average molecular weight is 723 g/mol. The van der Waals surface area contributed by atoms with Gasteiger partial charge >= 0.3 is 0 Å². The summed E-state index contributed by atoms with van der Waals surface area (Å²) in [5, 5.41) is 13.0. The van der Waals surface area contributed by atoms with Gasteiger partial charge in [-0.1, -0.05) is 109 Å². The van der Waals surface area contributed by atoms with Crippen LogP contribution in [0.1, 0.15) is 0 Å². The van der Waals surface area contributed by atoms with E-state index in [0.29, 0.717) is 0 Å². The van der Waals surface area contributed by atoms with Crippen LogP contribution in [0.15, 0.2) is 163 Å². The van der Waals surface area contributed by atoms with Crippen LogP contribution in [0, 0.1) is 0 Å². The van der Waals surface area contributed by atoms with Crippen LogP contribution in [0.25, 0.3) is 117 Å². The van der Waals surface area contributed by atoms with Gasteiger partial charge in [0.05, 0.1) is 22.1 Å². The Hall–Kier alpha value is -6.53. The molecular formula is C49H26N2OS2. The molecule has 13 aromatic rings. The monoisotopic (exact) mass is 722 g/mol. The number of aromatic nitrogens is 2. The van der Waals surface area contributed by atoms with Gasteiger partial charge in [0.1, 0.15) is 0 Å². The van der Waals surface area contributed by atoms with Crippen molar-refractivity contribution >= 4 is 123 Å². The topological polar surface area (TPSA) is 26.4 Å². The molecule has 0 aliphatic carbocycles. The van der Waals surface area contributed by atoms with Gasteiger partial charge in [-0.2, -0.15) is 0 Å². The molecule has 0 fully saturated rings. The molecule has 0 aliphatic rings. The van der Waals surface area contributed by atoms with Gasteiger partial charge in [0, 0.05) is 78.3 Å². The molecule has 0 aliphatic heterocycles. The first-order valence-electron chi connectivity index (χ1n) is 18.2. The number of pyridine rings is 1. The molecule has 5 heteroatoms. The Kier molecular flexibility index (Phi) is 5.54. The van der Waals surface area contributed by atoms with Crippen LogP contribution in [0.5, 0.6) is 0 Å². The first-order chi connectivity index (χ1) is 26.7. The molecule has 0 amide bonds. The lowest BCUT2D eigenvalue weighted by atomic mass is 10.0. The van der Waals surface area contributed by atoms with Crippen LogP contribution in [0.3, 0.4) is 0 Å². The van der Waals surface area contributed by atoms with E-state index in [4.69, 9.17) is 0 Å². The molecule has 0 saturated heterocycles. The lowest BCUT2D eigenvalue weighted by Crippen LogP contribution is -2.12. The van der Waals surface area contributed by atoms with E-state index < -0.39 is 0 Å². The van der Waals surface area contributed by atoms with Crippen molar-refractivity contribution in [3.8, 4) is 16.8 Å². The summed E-state index contributed by atoms with van der Waals surface area (Å²) < 4.78 is 9.77. The number of fused-ring (bicyclic) bond motifs is 17. The number of nitrogens with zero attached hydrogens (tertiary/aromatic N) is 2. The van der Waals surface area contributed by atoms with E-state index >= 15 is 0 Å². The standard InChI is InChI=1S/C49H26N2OS2/c52-49-33-11-2-1-10-30(33)31-15-9-16-32-37-26-28(22-25-39(37)51(49)45(31)32)27-20-23-29(24-21-27)50-38-17-6-3-12-34(38)42-46(50)43-35-13-4-7-18-40(35)53-48(43)44-36-14-5-8-19-41(36)54-47(42)44/h1-26H. The molecule has 0 spiro atoms. The van der Waals surface area contributed by atoms with Crippen molar-refractivity contribution < 1.29 is 0 Å². The average Bonchev–Trinajstić information content (AvgIpc) is 3.98. The molecule has 8 aromatic carbocycles. The van der Waals surface area contributed by atoms with Crippen LogP contribution in [0.4, 0.5) is 0 Å². The van der Waals surface area contributed by atoms with Crippen molar-refractivity contribution in [2.24, 2.45) is 0 Å². The summed E-state index contributed by atoms with van der Waals surface area (Å²) in [6.07, 6.45) is 0. The van der Waals surface area contributed by atoms with Gasteiger partial charge in [0.25, 0.3) is 5.56 Å². The molecule has 250 valence electrons. The van der Waals surface area contributed by atoms with Gasteiger partial charge < -0.3 is 4.57 Å². The Morgan fingerprint density at radius 1 is 0.389 bits per heavy atom. The van der Waals surface area contributed by atoms with Crippen molar-refractivity contribution in [2.45, 2.75) is 0 Å². The zero-order valence-electron chi connectivity index (χ0n) is 28.6. The number of hydrogen-bond donors (Lipinski definition) is 0.